The summed E-state index contributed by atoms with van der Waals surface area (Å²) in [5.41, 5.74) is 0.0225. The third-order valence-corrected chi connectivity index (χ3v) is 1.18. The van der Waals surface area contributed by atoms with Crippen LogP contribution in [0, 0.1) is 0 Å². The molecule has 0 rings (SSSR count). The molecule has 0 aromatic rings. The summed E-state index contributed by atoms with van der Waals surface area (Å²) < 4.78 is 4.65. The Labute approximate surface area is 77.0 Å². The van der Waals surface area contributed by atoms with Gasteiger partial charge in [0.05, 0.1) is 6.61 Å². The Hall–Kier alpha value is -1.07. The minimum Gasteiger partial charge on any atom is -0.461 e. The maximum atomic E-state index is 11.1. The van der Waals surface area contributed by atoms with E-state index >= 15 is 0 Å². The van der Waals surface area contributed by atoms with E-state index in [9.17, 15) is 4.79 Å². The zero-order valence-electron chi connectivity index (χ0n) is 8.00. The molecule has 5 nitrogen and oxygen atoms in total. The lowest BCUT2D eigenvalue weighted by Crippen LogP contribution is -2.26. The first-order valence-electron chi connectivity index (χ1n) is 3.93. The number of carbonyl (C=O) groups excluding carboxylic acids is 1. The van der Waals surface area contributed by atoms with E-state index < -0.39 is 11.8 Å². The van der Waals surface area contributed by atoms with Gasteiger partial charge in [0.1, 0.15) is 5.70 Å². The van der Waals surface area contributed by atoms with Crippen LogP contribution in [-0.4, -0.2) is 35.6 Å². The van der Waals surface area contributed by atoms with E-state index in [2.05, 4.69) is 10.1 Å². The molecule has 3 N–H and O–H groups in total. The minimum atomic E-state index is -2.02. The van der Waals surface area contributed by atoms with Crippen molar-refractivity contribution in [2.24, 2.45) is 0 Å². The van der Waals surface area contributed by atoms with Gasteiger partial charge in [0.25, 0.3) is 0 Å². The van der Waals surface area contributed by atoms with Crippen molar-refractivity contribution in [3.05, 3.63) is 11.8 Å². The van der Waals surface area contributed by atoms with Gasteiger partial charge in [0.2, 0.25) is 0 Å². The molecule has 0 radical (unpaired) electrons. The van der Waals surface area contributed by atoms with Crippen LogP contribution < -0.4 is 5.32 Å². The van der Waals surface area contributed by atoms with Gasteiger partial charge in [-0.15, -0.1) is 0 Å². The molecule has 0 saturated carbocycles. The fraction of sp³-hybridized carbons (Fsp3) is 0.625. The molecule has 0 aliphatic heterocycles. The molecule has 13 heavy (non-hydrogen) atoms. The SMILES string of the molecule is CCOC(=O)/C(=C/C(C)(O)O)NC. The summed E-state index contributed by atoms with van der Waals surface area (Å²) in [6.07, 6.45) is 0.977. The quantitative estimate of drug-likeness (QED) is 0.311. The van der Waals surface area contributed by atoms with Gasteiger partial charge in [-0.3, -0.25) is 0 Å². The van der Waals surface area contributed by atoms with Crippen molar-refractivity contribution >= 4 is 5.97 Å². The number of hydrogen-bond acceptors (Lipinski definition) is 5. The van der Waals surface area contributed by atoms with Crippen molar-refractivity contribution in [3.8, 4) is 0 Å². The van der Waals surface area contributed by atoms with Crippen LogP contribution in [0.2, 0.25) is 0 Å². The Bertz CT molecular complexity index is 205. The van der Waals surface area contributed by atoms with E-state index in [1.807, 2.05) is 0 Å². The monoisotopic (exact) mass is 189 g/mol. The molecule has 76 valence electrons. The maximum Gasteiger partial charge on any atom is 0.354 e. The smallest absolute Gasteiger partial charge is 0.354 e. The zero-order valence-corrected chi connectivity index (χ0v) is 8.00. The van der Waals surface area contributed by atoms with Crippen molar-refractivity contribution in [1.29, 1.82) is 0 Å². The third-order valence-electron chi connectivity index (χ3n) is 1.18. The number of rotatable bonds is 4. The van der Waals surface area contributed by atoms with Crippen molar-refractivity contribution in [3.63, 3.8) is 0 Å². The van der Waals surface area contributed by atoms with E-state index in [4.69, 9.17) is 10.2 Å². The number of likely N-dealkylation sites (N-methyl/N-ethyl adjacent to an activating group) is 1. The van der Waals surface area contributed by atoms with Gasteiger partial charge in [0.15, 0.2) is 5.79 Å². The van der Waals surface area contributed by atoms with Crippen molar-refractivity contribution in [2.75, 3.05) is 13.7 Å². The molecular weight excluding hydrogens is 174 g/mol. The fourth-order valence-electron chi connectivity index (χ4n) is 0.715. The number of hydrogen-bond donors (Lipinski definition) is 3. The molecular formula is C8H15NO4. The van der Waals surface area contributed by atoms with Crippen LogP contribution in [0.1, 0.15) is 13.8 Å². The normalized spacial score (nSPS) is 12.5. The lowest BCUT2D eigenvalue weighted by Gasteiger charge is -2.13. The topological polar surface area (TPSA) is 78.8 Å². The molecule has 0 spiro atoms. The largest absolute Gasteiger partial charge is 0.461 e. The minimum absolute atomic E-state index is 0.0225. The summed E-state index contributed by atoms with van der Waals surface area (Å²) >= 11 is 0. The Balaban J connectivity index is 4.50. The molecule has 0 heterocycles. The average Bonchev–Trinajstić information content (AvgIpc) is 1.99. The average molecular weight is 189 g/mol. The summed E-state index contributed by atoms with van der Waals surface area (Å²) in [4.78, 5) is 11.1. The second kappa shape index (κ2) is 4.84. The van der Waals surface area contributed by atoms with Gasteiger partial charge < -0.3 is 20.3 Å². The van der Waals surface area contributed by atoms with Crippen LogP contribution in [0.3, 0.4) is 0 Å². The number of esters is 1. The molecule has 0 amide bonds. The highest BCUT2D eigenvalue weighted by molar-refractivity contribution is 5.87. The van der Waals surface area contributed by atoms with E-state index in [-0.39, 0.29) is 12.3 Å². The second-order valence-corrected chi connectivity index (χ2v) is 2.62. The Morgan fingerprint density at radius 2 is 2.15 bits per heavy atom. The summed E-state index contributed by atoms with van der Waals surface area (Å²) in [7, 11) is 1.49. The van der Waals surface area contributed by atoms with Gasteiger partial charge in [-0.05, 0) is 13.8 Å². The first-order valence-corrected chi connectivity index (χ1v) is 3.93. The molecule has 0 aliphatic rings. The maximum absolute atomic E-state index is 11.1. The molecule has 0 atom stereocenters. The molecule has 0 aliphatic carbocycles. The lowest BCUT2D eigenvalue weighted by atomic mass is 10.2. The number of ether oxygens (including phenoxy) is 1. The Morgan fingerprint density at radius 1 is 1.62 bits per heavy atom. The van der Waals surface area contributed by atoms with E-state index in [1.54, 1.807) is 6.92 Å². The predicted octanol–water partition coefficient (Wildman–Crippen LogP) is -0.646. The summed E-state index contributed by atoms with van der Waals surface area (Å²) in [6.45, 7) is 3.05. The number of carbonyl (C=O) groups is 1. The van der Waals surface area contributed by atoms with Gasteiger partial charge in [-0.1, -0.05) is 0 Å². The highest BCUT2D eigenvalue weighted by Gasteiger charge is 2.17. The van der Waals surface area contributed by atoms with Crippen molar-refractivity contribution in [2.45, 2.75) is 19.6 Å². The van der Waals surface area contributed by atoms with Crippen LogP contribution in [0.5, 0.6) is 0 Å². The molecule has 0 bridgehead atoms. The summed E-state index contributed by atoms with van der Waals surface area (Å²) in [6, 6.07) is 0. The van der Waals surface area contributed by atoms with E-state index in [0.717, 1.165) is 13.0 Å². The summed E-state index contributed by atoms with van der Waals surface area (Å²) in [5, 5.41) is 20.4. The van der Waals surface area contributed by atoms with Gasteiger partial charge >= 0.3 is 5.97 Å². The standard InChI is InChI=1S/C8H15NO4/c1-4-13-7(10)6(9-3)5-8(2,11)12/h5,9,11-12H,4H2,1-3H3/b6-5-. The van der Waals surface area contributed by atoms with Gasteiger partial charge in [0, 0.05) is 13.1 Å². The van der Waals surface area contributed by atoms with Crippen molar-refractivity contribution < 1.29 is 19.7 Å². The molecule has 0 unspecified atom stereocenters. The third kappa shape index (κ3) is 5.21. The van der Waals surface area contributed by atoms with Gasteiger partial charge in [-0.25, -0.2) is 4.79 Å². The zero-order chi connectivity index (χ0) is 10.5. The highest BCUT2D eigenvalue weighted by atomic mass is 16.5. The second-order valence-electron chi connectivity index (χ2n) is 2.62. The molecule has 0 aromatic carbocycles. The van der Waals surface area contributed by atoms with Crippen LogP contribution in [0.4, 0.5) is 0 Å². The highest BCUT2D eigenvalue weighted by Crippen LogP contribution is 2.04. The number of nitrogens with one attached hydrogen (secondary N) is 1. The molecule has 0 saturated heterocycles. The lowest BCUT2D eigenvalue weighted by molar-refractivity contribution is -0.140. The first-order chi connectivity index (χ1) is 5.90. The predicted molar refractivity (Wildman–Crippen MR) is 46.6 cm³/mol. The van der Waals surface area contributed by atoms with E-state index in [1.165, 1.54) is 7.05 Å². The Kier molecular flexibility index (Phi) is 4.44. The number of aliphatic hydroxyl groups is 2. The van der Waals surface area contributed by atoms with Crippen LogP contribution in [0.15, 0.2) is 11.8 Å². The fourth-order valence-corrected chi connectivity index (χ4v) is 0.715. The van der Waals surface area contributed by atoms with Crippen molar-refractivity contribution in [1.82, 2.24) is 5.32 Å². The first kappa shape index (κ1) is 11.9. The van der Waals surface area contributed by atoms with Crippen LogP contribution in [0.25, 0.3) is 0 Å². The molecule has 5 heteroatoms. The Morgan fingerprint density at radius 3 is 2.46 bits per heavy atom. The van der Waals surface area contributed by atoms with Gasteiger partial charge in [-0.2, -0.15) is 0 Å². The molecule has 0 fully saturated rings. The summed E-state index contributed by atoms with van der Waals surface area (Å²) in [5.74, 6) is -2.63. The van der Waals surface area contributed by atoms with E-state index in [0.29, 0.717) is 0 Å². The van der Waals surface area contributed by atoms with Crippen LogP contribution in [-0.2, 0) is 9.53 Å². The van der Waals surface area contributed by atoms with Crippen LogP contribution >= 0.6 is 0 Å². The molecule has 0 aromatic heterocycles.